The first-order valence-electron chi connectivity index (χ1n) is 9.84. The molecular weight excluding hydrogens is 388 g/mol. The van der Waals surface area contributed by atoms with Gasteiger partial charge in [-0.25, -0.2) is 5.48 Å². The molecule has 4 N–H and O–H groups in total. The molecule has 0 aromatic heterocycles. The summed E-state index contributed by atoms with van der Waals surface area (Å²) in [7, 11) is 0. The molecule has 0 saturated carbocycles. The zero-order chi connectivity index (χ0) is 21.8. The Morgan fingerprint density at radius 1 is 0.935 bits per heavy atom. The van der Waals surface area contributed by atoms with Gasteiger partial charge in [-0.2, -0.15) is 0 Å². The van der Waals surface area contributed by atoms with Crippen molar-refractivity contribution in [2.75, 3.05) is 12.0 Å². The van der Waals surface area contributed by atoms with E-state index in [-0.39, 0.29) is 6.54 Å². The molecule has 0 heterocycles. The van der Waals surface area contributed by atoms with Gasteiger partial charge in [-0.05, 0) is 55.6 Å². The largest absolute Gasteiger partial charge is 0.316 e. The monoisotopic (exact) mass is 410 g/mol. The number of hydrogen-bond acceptors (Lipinski definition) is 5. The Hall–Kier alpha value is -3.77. The number of carbonyl (C=O) groups is 1. The Morgan fingerprint density at radius 3 is 2.42 bits per heavy atom. The van der Waals surface area contributed by atoms with Crippen LogP contribution in [0.1, 0.15) is 15.9 Å². The van der Waals surface area contributed by atoms with Crippen LogP contribution in [0.25, 0.3) is 34.1 Å². The van der Waals surface area contributed by atoms with Crippen molar-refractivity contribution in [1.29, 1.82) is 0 Å². The lowest BCUT2D eigenvalue weighted by molar-refractivity contribution is 0.112. The van der Waals surface area contributed by atoms with Crippen LogP contribution in [-0.2, 0) is 0 Å². The number of nitrogens with one attached hydrogen (secondary N) is 2. The van der Waals surface area contributed by atoms with E-state index in [4.69, 9.17) is 0 Å². The second-order valence-electron chi connectivity index (χ2n) is 7.21. The quantitative estimate of drug-likeness (QED) is 0.288. The van der Waals surface area contributed by atoms with Crippen molar-refractivity contribution in [3.63, 3.8) is 0 Å². The molecule has 0 bridgehead atoms. The zero-order valence-electron chi connectivity index (χ0n) is 16.8. The van der Waals surface area contributed by atoms with Gasteiger partial charge >= 0.3 is 0 Å². The Kier molecular flexibility index (Phi) is 5.91. The molecule has 5 heteroatoms. The fourth-order valence-corrected chi connectivity index (χ4v) is 3.99. The summed E-state index contributed by atoms with van der Waals surface area (Å²) in [6.07, 6.45) is 0.709. The smallest absolute Gasteiger partial charge is 0.152 e. The van der Waals surface area contributed by atoms with Crippen LogP contribution in [-0.4, -0.2) is 23.2 Å². The van der Waals surface area contributed by atoms with Crippen LogP contribution in [0.5, 0.6) is 0 Å². The van der Waals surface area contributed by atoms with Gasteiger partial charge in [-0.1, -0.05) is 73.3 Å². The number of fused-ring (bicyclic) bond motifs is 1. The van der Waals surface area contributed by atoms with Crippen molar-refractivity contribution in [2.45, 2.75) is 0 Å². The van der Waals surface area contributed by atoms with Gasteiger partial charge in [0.2, 0.25) is 0 Å². The molecule has 4 aromatic carbocycles. The number of benzene rings is 4. The molecule has 5 nitrogen and oxygen atoms in total. The second-order valence-corrected chi connectivity index (χ2v) is 7.21. The molecule has 0 saturated heterocycles. The fourth-order valence-electron chi connectivity index (χ4n) is 3.99. The molecule has 0 radical (unpaired) electrons. The summed E-state index contributed by atoms with van der Waals surface area (Å²) < 4.78 is 0. The molecule has 0 spiro atoms. The summed E-state index contributed by atoms with van der Waals surface area (Å²) in [5.41, 5.74) is 8.73. The number of hydrogen-bond donors (Lipinski definition) is 4. The molecule has 0 amide bonds. The summed E-state index contributed by atoms with van der Waals surface area (Å²) in [6.45, 7) is 4.39. The van der Waals surface area contributed by atoms with E-state index >= 15 is 0 Å². The van der Waals surface area contributed by atoms with E-state index in [1.54, 1.807) is 12.1 Å². The van der Waals surface area contributed by atoms with Crippen LogP contribution in [0.3, 0.4) is 0 Å². The van der Waals surface area contributed by atoms with Crippen LogP contribution < -0.4 is 21.4 Å². The maximum absolute atomic E-state index is 11.5. The summed E-state index contributed by atoms with van der Waals surface area (Å²) in [6, 6.07) is 25.1. The lowest BCUT2D eigenvalue weighted by Crippen LogP contribution is -2.29. The van der Waals surface area contributed by atoms with Crippen molar-refractivity contribution >= 4 is 34.9 Å². The third-order valence-corrected chi connectivity index (χ3v) is 5.44. The van der Waals surface area contributed by atoms with Crippen LogP contribution >= 0.6 is 0 Å². The van der Waals surface area contributed by atoms with E-state index in [9.17, 15) is 15.2 Å². The van der Waals surface area contributed by atoms with E-state index in [1.165, 1.54) is 0 Å². The van der Waals surface area contributed by atoms with Crippen LogP contribution in [0, 0.1) is 0 Å². The van der Waals surface area contributed by atoms with Crippen LogP contribution in [0.4, 0.5) is 5.69 Å². The molecular formula is C26H22N2O3. The zero-order valence-corrected chi connectivity index (χ0v) is 16.8. The van der Waals surface area contributed by atoms with Gasteiger partial charge in [-0.3, -0.25) is 15.5 Å². The maximum atomic E-state index is 11.5. The van der Waals surface area contributed by atoms with Gasteiger partial charge < -0.3 is 5.21 Å². The third kappa shape index (κ3) is 3.85. The van der Waals surface area contributed by atoms with Crippen molar-refractivity contribution in [2.24, 2.45) is 0 Å². The standard InChI is InChI=1S/C26H22N2O3/c1-17-6-2-3-9-21(17)24(15-27-30)23-11-5-8-18-7-4-10-22(26(18)23)19-12-13-25(28-31)20(14-19)16-29/h2-14,16,27-28,30-31H,1,15H2/b24-21+. The third-order valence-electron chi connectivity index (χ3n) is 5.44. The van der Waals surface area contributed by atoms with E-state index in [0.29, 0.717) is 17.5 Å². The molecule has 4 aromatic rings. The summed E-state index contributed by atoms with van der Waals surface area (Å²) in [4.78, 5) is 11.5. The fraction of sp³-hybridized carbons (Fsp3) is 0.0385. The predicted octanol–water partition coefficient (Wildman–Crippen LogP) is 3.71. The first kappa shape index (κ1) is 20.5. The maximum Gasteiger partial charge on any atom is 0.152 e. The van der Waals surface area contributed by atoms with Gasteiger partial charge in [0.05, 0.1) is 5.69 Å². The Labute approximate surface area is 179 Å². The van der Waals surface area contributed by atoms with Crippen molar-refractivity contribution in [3.05, 3.63) is 100 Å². The minimum atomic E-state index is 0.243. The molecule has 154 valence electrons. The topological polar surface area (TPSA) is 81.6 Å². The molecule has 4 rings (SSSR count). The Morgan fingerprint density at radius 2 is 1.71 bits per heavy atom. The van der Waals surface area contributed by atoms with Crippen molar-refractivity contribution in [3.8, 4) is 11.1 Å². The van der Waals surface area contributed by atoms with Gasteiger partial charge in [0, 0.05) is 12.1 Å². The lowest BCUT2D eigenvalue weighted by atomic mass is 9.90. The second kappa shape index (κ2) is 8.93. The number of aldehydes is 1. The van der Waals surface area contributed by atoms with Crippen LogP contribution in [0.2, 0.25) is 0 Å². The highest BCUT2D eigenvalue weighted by Gasteiger charge is 2.14. The molecule has 0 aliphatic heterocycles. The van der Waals surface area contributed by atoms with Crippen molar-refractivity contribution < 1.29 is 15.2 Å². The van der Waals surface area contributed by atoms with Crippen LogP contribution in [0.15, 0.2) is 78.9 Å². The minimum absolute atomic E-state index is 0.243. The van der Waals surface area contributed by atoms with Crippen molar-refractivity contribution in [1.82, 2.24) is 5.48 Å². The predicted molar refractivity (Wildman–Crippen MR) is 124 cm³/mol. The average Bonchev–Trinajstić information content (AvgIpc) is 2.82. The number of anilines is 1. The summed E-state index contributed by atoms with van der Waals surface area (Å²) >= 11 is 0. The lowest BCUT2D eigenvalue weighted by Gasteiger charge is -2.16. The number of rotatable bonds is 6. The highest BCUT2D eigenvalue weighted by atomic mass is 16.5. The number of hydroxylamine groups is 1. The first-order valence-corrected chi connectivity index (χ1v) is 9.84. The molecule has 0 atom stereocenters. The highest BCUT2D eigenvalue weighted by molar-refractivity contribution is 6.04. The summed E-state index contributed by atoms with van der Waals surface area (Å²) in [5.74, 6) is 0. The minimum Gasteiger partial charge on any atom is -0.316 e. The van der Waals surface area contributed by atoms with E-state index in [1.807, 2.05) is 66.7 Å². The SMILES string of the molecule is C=c1cccc/c1=C(/CNO)c1cccc2cccc(-c3ccc(NO)c(C=O)c3)c12. The van der Waals surface area contributed by atoms with Gasteiger partial charge in [0.25, 0.3) is 0 Å². The summed E-state index contributed by atoms with van der Waals surface area (Å²) in [5, 5.41) is 22.7. The normalized spacial score (nSPS) is 11.9. The molecule has 0 aliphatic carbocycles. The van der Waals surface area contributed by atoms with E-state index < -0.39 is 0 Å². The first-order chi connectivity index (χ1) is 15.2. The highest BCUT2D eigenvalue weighted by Crippen LogP contribution is 2.35. The molecule has 0 fully saturated rings. The van der Waals surface area contributed by atoms with Gasteiger partial charge in [0.15, 0.2) is 6.29 Å². The molecule has 0 unspecified atom stereocenters. The van der Waals surface area contributed by atoms with Gasteiger partial charge in [-0.15, -0.1) is 0 Å². The van der Waals surface area contributed by atoms with E-state index in [0.717, 1.165) is 43.5 Å². The Bertz CT molecular complexity index is 1370. The molecule has 0 aliphatic rings. The van der Waals surface area contributed by atoms with E-state index in [2.05, 4.69) is 17.5 Å². The average molecular weight is 410 g/mol. The number of carbonyl (C=O) groups excluding carboxylic acids is 1. The Balaban J connectivity index is 2.08. The van der Waals surface area contributed by atoms with Gasteiger partial charge in [0.1, 0.15) is 0 Å². The molecule has 31 heavy (non-hydrogen) atoms.